The molecule has 0 amide bonds. The van der Waals surface area contributed by atoms with Gasteiger partial charge < -0.3 is 5.11 Å². The highest BCUT2D eigenvalue weighted by atomic mass is 16.4. The van der Waals surface area contributed by atoms with Crippen LogP contribution in [0.25, 0.3) is 0 Å². The highest BCUT2D eigenvalue weighted by molar-refractivity contribution is 5.66. The van der Waals surface area contributed by atoms with Crippen LogP contribution in [0.5, 0.6) is 0 Å². The molecule has 6 nitrogen and oxygen atoms in total. The Labute approximate surface area is 113 Å². The van der Waals surface area contributed by atoms with Gasteiger partial charge in [0.25, 0.3) is 0 Å². The van der Waals surface area contributed by atoms with Gasteiger partial charge in [-0.05, 0) is 29.2 Å². The van der Waals surface area contributed by atoms with Crippen LogP contribution >= 0.6 is 0 Å². The lowest BCUT2D eigenvalue weighted by atomic mass is 9.88. The summed E-state index contributed by atoms with van der Waals surface area (Å²) in [5.41, 5.74) is 0. The van der Waals surface area contributed by atoms with E-state index in [0.717, 1.165) is 25.1 Å². The van der Waals surface area contributed by atoms with E-state index in [9.17, 15) is 4.79 Å². The summed E-state index contributed by atoms with van der Waals surface area (Å²) < 4.78 is 1.83. The molecule has 1 N–H and O–H groups in total. The Morgan fingerprint density at radius 3 is 2.79 bits per heavy atom. The van der Waals surface area contributed by atoms with Gasteiger partial charge in [-0.3, -0.25) is 4.79 Å². The molecule has 1 aliphatic carbocycles. The molecule has 0 aliphatic heterocycles. The molecule has 0 saturated heterocycles. The van der Waals surface area contributed by atoms with E-state index in [1.54, 1.807) is 0 Å². The van der Waals surface area contributed by atoms with Crippen LogP contribution in [0.1, 0.15) is 63.6 Å². The number of carboxylic acids is 1. The highest BCUT2D eigenvalue weighted by Gasteiger charge is 2.23. The summed E-state index contributed by atoms with van der Waals surface area (Å²) >= 11 is 0. The molecule has 2 rings (SSSR count). The number of hydrogen-bond acceptors (Lipinski definition) is 4. The molecule has 0 aromatic carbocycles. The minimum absolute atomic E-state index is 0.100. The molecular weight excluding hydrogens is 244 g/mol. The number of aromatic nitrogens is 4. The van der Waals surface area contributed by atoms with Crippen LogP contribution in [0.15, 0.2) is 0 Å². The topological polar surface area (TPSA) is 80.9 Å². The molecule has 6 heteroatoms. The van der Waals surface area contributed by atoms with E-state index >= 15 is 0 Å². The number of tetrazole rings is 1. The molecule has 1 aromatic heterocycles. The monoisotopic (exact) mass is 266 g/mol. The van der Waals surface area contributed by atoms with Crippen molar-refractivity contribution in [2.45, 2.75) is 64.3 Å². The number of carbonyl (C=O) groups is 1. The largest absolute Gasteiger partial charge is 0.481 e. The van der Waals surface area contributed by atoms with E-state index in [2.05, 4.69) is 15.5 Å². The van der Waals surface area contributed by atoms with Crippen molar-refractivity contribution in [3.8, 4) is 0 Å². The van der Waals surface area contributed by atoms with Gasteiger partial charge in [-0.1, -0.05) is 32.6 Å². The molecule has 1 aliphatic rings. The minimum Gasteiger partial charge on any atom is -0.481 e. The molecule has 1 atom stereocenters. The summed E-state index contributed by atoms with van der Waals surface area (Å²) in [5, 5.41) is 20.9. The highest BCUT2D eigenvalue weighted by Crippen LogP contribution is 2.31. The predicted molar refractivity (Wildman–Crippen MR) is 69.7 cm³/mol. The SMILES string of the molecule is CCC(CC(=O)O)Cn1nnnc1C1CCCCC1. The molecule has 1 heterocycles. The lowest BCUT2D eigenvalue weighted by Gasteiger charge is -2.21. The Bertz CT molecular complexity index is 413. The van der Waals surface area contributed by atoms with Crippen molar-refractivity contribution in [1.29, 1.82) is 0 Å². The summed E-state index contributed by atoms with van der Waals surface area (Å²) in [5.74, 6) is 0.747. The fourth-order valence-electron chi connectivity index (χ4n) is 2.82. The Morgan fingerprint density at radius 2 is 2.16 bits per heavy atom. The zero-order valence-corrected chi connectivity index (χ0v) is 11.5. The van der Waals surface area contributed by atoms with Crippen molar-refractivity contribution in [3.05, 3.63) is 5.82 Å². The third kappa shape index (κ3) is 3.75. The average Bonchev–Trinajstić information content (AvgIpc) is 2.86. The van der Waals surface area contributed by atoms with Crippen LogP contribution < -0.4 is 0 Å². The van der Waals surface area contributed by atoms with Gasteiger partial charge in [0.05, 0.1) is 0 Å². The summed E-state index contributed by atoms with van der Waals surface area (Å²) in [7, 11) is 0. The second-order valence-corrected chi connectivity index (χ2v) is 5.43. The minimum atomic E-state index is -0.751. The third-order valence-electron chi connectivity index (χ3n) is 4.00. The number of hydrogen-bond donors (Lipinski definition) is 1. The lowest BCUT2D eigenvalue weighted by molar-refractivity contribution is -0.138. The molecule has 1 aromatic rings. The first-order chi connectivity index (χ1) is 9.20. The standard InChI is InChI=1S/C13H22N4O2/c1-2-10(8-12(18)19)9-17-13(14-15-16-17)11-6-4-3-5-7-11/h10-11H,2-9H2,1H3,(H,18,19). The quantitative estimate of drug-likeness (QED) is 0.853. The van der Waals surface area contributed by atoms with E-state index in [4.69, 9.17) is 5.11 Å². The van der Waals surface area contributed by atoms with Crippen LogP contribution in [-0.4, -0.2) is 31.3 Å². The number of nitrogens with zero attached hydrogens (tertiary/aromatic N) is 4. The van der Waals surface area contributed by atoms with Crippen LogP contribution in [0.2, 0.25) is 0 Å². The van der Waals surface area contributed by atoms with Gasteiger partial charge in [-0.15, -0.1) is 5.10 Å². The first kappa shape index (κ1) is 14.0. The zero-order valence-electron chi connectivity index (χ0n) is 11.5. The van der Waals surface area contributed by atoms with Crippen LogP contribution in [0.4, 0.5) is 0 Å². The van der Waals surface area contributed by atoms with E-state index in [1.165, 1.54) is 19.3 Å². The van der Waals surface area contributed by atoms with Gasteiger partial charge in [0.15, 0.2) is 5.82 Å². The maximum atomic E-state index is 10.8. The molecular formula is C13H22N4O2. The van der Waals surface area contributed by atoms with Crippen molar-refractivity contribution in [2.24, 2.45) is 5.92 Å². The zero-order chi connectivity index (χ0) is 13.7. The fourth-order valence-corrected chi connectivity index (χ4v) is 2.82. The van der Waals surface area contributed by atoms with E-state index in [-0.39, 0.29) is 12.3 Å². The summed E-state index contributed by atoms with van der Waals surface area (Å²) in [6.45, 7) is 2.62. The third-order valence-corrected chi connectivity index (χ3v) is 4.00. The maximum Gasteiger partial charge on any atom is 0.303 e. The maximum absolute atomic E-state index is 10.8. The number of carboxylic acid groups (broad SMARTS) is 1. The van der Waals surface area contributed by atoms with Crippen molar-refractivity contribution < 1.29 is 9.90 Å². The second-order valence-electron chi connectivity index (χ2n) is 5.43. The van der Waals surface area contributed by atoms with Crippen LogP contribution in [0, 0.1) is 5.92 Å². The van der Waals surface area contributed by atoms with E-state index in [0.29, 0.717) is 12.5 Å². The van der Waals surface area contributed by atoms with E-state index < -0.39 is 5.97 Å². The van der Waals surface area contributed by atoms with Gasteiger partial charge in [0, 0.05) is 18.9 Å². The van der Waals surface area contributed by atoms with Gasteiger partial charge in [-0.2, -0.15) is 0 Å². The summed E-state index contributed by atoms with van der Waals surface area (Å²) in [4.78, 5) is 10.8. The Balaban J connectivity index is 2.03. The molecule has 0 bridgehead atoms. The van der Waals surface area contributed by atoms with Gasteiger partial charge in [0.1, 0.15) is 0 Å². The summed E-state index contributed by atoms with van der Waals surface area (Å²) in [6.07, 6.45) is 7.09. The van der Waals surface area contributed by atoms with Crippen molar-refractivity contribution in [1.82, 2.24) is 20.2 Å². The molecule has 1 fully saturated rings. The Kier molecular flexibility index (Phi) is 4.87. The molecule has 19 heavy (non-hydrogen) atoms. The van der Waals surface area contributed by atoms with Crippen LogP contribution in [-0.2, 0) is 11.3 Å². The van der Waals surface area contributed by atoms with Gasteiger partial charge >= 0.3 is 5.97 Å². The molecule has 0 radical (unpaired) electrons. The predicted octanol–water partition coefficient (Wildman–Crippen LogP) is 2.22. The second kappa shape index (κ2) is 6.63. The van der Waals surface area contributed by atoms with Crippen LogP contribution in [0.3, 0.4) is 0 Å². The van der Waals surface area contributed by atoms with Gasteiger partial charge in [0.2, 0.25) is 0 Å². The molecule has 1 unspecified atom stereocenters. The normalized spacial score (nSPS) is 18.4. The first-order valence-corrected chi connectivity index (χ1v) is 7.18. The molecule has 1 saturated carbocycles. The molecule has 106 valence electrons. The lowest BCUT2D eigenvalue weighted by Crippen LogP contribution is -2.19. The number of aliphatic carboxylic acids is 1. The average molecular weight is 266 g/mol. The Hall–Kier alpha value is -1.46. The van der Waals surface area contributed by atoms with E-state index in [1.807, 2.05) is 11.6 Å². The van der Waals surface area contributed by atoms with Crippen molar-refractivity contribution in [3.63, 3.8) is 0 Å². The molecule has 0 spiro atoms. The smallest absolute Gasteiger partial charge is 0.303 e. The van der Waals surface area contributed by atoms with Gasteiger partial charge in [-0.25, -0.2) is 4.68 Å². The van der Waals surface area contributed by atoms with Crippen molar-refractivity contribution in [2.75, 3.05) is 0 Å². The van der Waals surface area contributed by atoms with Crippen molar-refractivity contribution >= 4 is 5.97 Å². The number of rotatable bonds is 6. The fraction of sp³-hybridized carbons (Fsp3) is 0.846. The summed E-state index contributed by atoms with van der Waals surface area (Å²) in [6, 6.07) is 0. The first-order valence-electron chi connectivity index (χ1n) is 7.18. The Morgan fingerprint density at radius 1 is 1.42 bits per heavy atom.